The van der Waals surface area contributed by atoms with Crippen molar-refractivity contribution >= 4 is 34.0 Å². The maximum Gasteiger partial charge on any atom is 0.206 e. The summed E-state index contributed by atoms with van der Waals surface area (Å²) in [7, 11) is 1.36. The molecule has 3 aromatic rings. The summed E-state index contributed by atoms with van der Waals surface area (Å²) in [6.07, 6.45) is 0. The lowest BCUT2D eigenvalue weighted by Crippen LogP contribution is -2.14. The quantitative estimate of drug-likeness (QED) is 0.441. The van der Waals surface area contributed by atoms with E-state index in [9.17, 15) is 13.6 Å². The molecule has 0 saturated heterocycles. The number of ether oxygens (including phenoxy) is 1. The number of carbonyl (C=O) groups is 1. The Morgan fingerprint density at radius 1 is 1.19 bits per heavy atom. The minimum atomic E-state index is -0.584. The summed E-state index contributed by atoms with van der Waals surface area (Å²) in [6, 6.07) is 10.3. The second kappa shape index (κ2) is 8.92. The van der Waals surface area contributed by atoms with E-state index in [4.69, 9.17) is 4.74 Å². The minimum absolute atomic E-state index is 0.0248. The molecule has 27 heavy (non-hydrogen) atoms. The monoisotopic (exact) mass is 407 g/mol. The van der Waals surface area contributed by atoms with Crippen molar-refractivity contribution in [1.29, 1.82) is 0 Å². The van der Waals surface area contributed by atoms with E-state index in [-0.39, 0.29) is 29.5 Å². The largest absolute Gasteiger partial charge is 0.494 e. The van der Waals surface area contributed by atoms with Crippen LogP contribution < -0.4 is 10.1 Å². The number of aromatic nitrogens is 2. The first-order valence-electron chi connectivity index (χ1n) is 7.86. The van der Waals surface area contributed by atoms with Gasteiger partial charge in [-0.05, 0) is 35.9 Å². The van der Waals surface area contributed by atoms with Gasteiger partial charge in [0.2, 0.25) is 5.13 Å². The fourth-order valence-electron chi connectivity index (χ4n) is 2.16. The summed E-state index contributed by atoms with van der Waals surface area (Å²) >= 11 is 2.78. The van der Waals surface area contributed by atoms with Gasteiger partial charge in [0.05, 0.1) is 13.7 Å². The number of benzene rings is 2. The molecule has 0 aliphatic heterocycles. The van der Waals surface area contributed by atoms with E-state index in [1.807, 2.05) is 0 Å². The zero-order valence-corrected chi connectivity index (χ0v) is 15.9. The van der Waals surface area contributed by atoms with Crippen molar-refractivity contribution < 1.29 is 18.3 Å². The number of thioether (sulfide) groups is 1. The first-order valence-corrected chi connectivity index (χ1v) is 9.66. The number of hydrogen-bond donors (Lipinski definition) is 1. The molecule has 9 heteroatoms. The molecule has 0 saturated carbocycles. The van der Waals surface area contributed by atoms with E-state index >= 15 is 0 Å². The second-order valence-corrected chi connectivity index (χ2v) is 7.61. The van der Waals surface area contributed by atoms with Crippen LogP contribution in [-0.2, 0) is 5.75 Å². The van der Waals surface area contributed by atoms with Gasteiger partial charge in [0.25, 0.3) is 0 Å². The van der Waals surface area contributed by atoms with Gasteiger partial charge in [0.1, 0.15) is 5.82 Å². The molecular formula is C18H15F2N3O2S2. The van der Waals surface area contributed by atoms with Crippen LogP contribution in [0.25, 0.3) is 0 Å². The first-order chi connectivity index (χ1) is 13.0. The third-order valence-electron chi connectivity index (χ3n) is 3.56. The van der Waals surface area contributed by atoms with Crippen LogP contribution in [0.4, 0.5) is 13.9 Å². The number of anilines is 1. The Balaban J connectivity index is 1.52. The fraction of sp³-hybridized carbons (Fsp3) is 0.167. The van der Waals surface area contributed by atoms with Gasteiger partial charge in [-0.1, -0.05) is 35.2 Å². The Hall–Kier alpha value is -2.52. The number of halogens is 2. The van der Waals surface area contributed by atoms with Crippen molar-refractivity contribution in [2.75, 3.05) is 19.0 Å². The summed E-state index contributed by atoms with van der Waals surface area (Å²) in [5, 5.41) is 11.4. The Morgan fingerprint density at radius 3 is 2.67 bits per heavy atom. The summed E-state index contributed by atoms with van der Waals surface area (Å²) in [5.41, 5.74) is 1.22. The van der Waals surface area contributed by atoms with Gasteiger partial charge in [-0.2, -0.15) is 0 Å². The number of hydrogen-bond acceptors (Lipinski definition) is 7. The molecule has 0 fully saturated rings. The molecule has 0 spiro atoms. The average molecular weight is 407 g/mol. The van der Waals surface area contributed by atoms with Crippen molar-refractivity contribution in [3.63, 3.8) is 0 Å². The number of rotatable bonds is 8. The zero-order chi connectivity index (χ0) is 19.2. The summed E-state index contributed by atoms with van der Waals surface area (Å²) in [5.74, 6) is -0.399. The lowest BCUT2D eigenvalue weighted by Gasteiger charge is -2.05. The standard InChI is InChI=1S/C18H15F2N3O2S2/c1-25-16-7-4-12(8-14(16)20)15(24)9-21-17-22-23-18(27-17)26-10-11-2-5-13(19)6-3-11/h2-8H,9-10H2,1H3,(H,21,22). The Bertz CT molecular complexity index is 933. The van der Waals surface area contributed by atoms with Gasteiger partial charge < -0.3 is 10.1 Å². The van der Waals surface area contributed by atoms with Gasteiger partial charge in [-0.15, -0.1) is 10.2 Å². The van der Waals surface area contributed by atoms with Crippen LogP contribution in [0.5, 0.6) is 5.75 Å². The van der Waals surface area contributed by atoms with Crippen LogP contribution in [0.2, 0.25) is 0 Å². The lowest BCUT2D eigenvalue weighted by molar-refractivity contribution is 0.101. The number of carbonyl (C=O) groups excluding carboxylic acids is 1. The van der Waals surface area contributed by atoms with Crippen LogP contribution in [0.15, 0.2) is 46.8 Å². The SMILES string of the molecule is COc1ccc(C(=O)CNc2nnc(SCc3ccc(F)cc3)s2)cc1F. The third kappa shape index (κ3) is 5.24. The van der Waals surface area contributed by atoms with E-state index in [0.717, 1.165) is 16.0 Å². The molecular weight excluding hydrogens is 392 g/mol. The second-order valence-electron chi connectivity index (χ2n) is 5.41. The van der Waals surface area contributed by atoms with Crippen molar-refractivity contribution in [3.05, 3.63) is 65.2 Å². The molecule has 0 aliphatic carbocycles. The number of ketones is 1. The Morgan fingerprint density at radius 2 is 1.96 bits per heavy atom. The summed E-state index contributed by atoms with van der Waals surface area (Å²) in [4.78, 5) is 12.2. The van der Waals surface area contributed by atoms with E-state index < -0.39 is 5.82 Å². The Kier molecular flexibility index (Phi) is 6.36. The molecule has 140 valence electrons. The van der Waals surface area contributed by atoms with Gasteiger partial charge in [0.15, 0.2) is 21.7 Å². The van der Waals surface area contributed by atoms with E-state index in [1.165, 1.54) is 54.5 Å². The van der Waals surface area contributed by atoms with Crippen molar-refractivity contribution in [3.8, 4) is 5.75 Å². The topological polar surface area (TPSA) is 64.1 Å². The van der Waals surface area contributed by atoms with Crippen molar-refractivity contribution in [1.82, 2.24) is 10.2 Å². The van der Waals surface area contributed by atoms with Crippen LogP contribution in [0, 0.1) is 11.6 Å². The molecule has 1 N–H and O–H groups in total. The highest BCUT2D eigenvalue weighted by Crippen LogP contribution is 2.28. The van der Waals surface area contributed by atoms with E-state index in [1.54, 1.807) is 12.1 Å². The molecule has 3 rings (SSSR count). The maximum atomic E-state index is 13.7. The van der Waals surface area contributed by atoms with Crippen LogP contribution in [0.1, 0.15) is 15.9 Å². The van der Waals surface area contributed by atoms with Gasteiger partial charge in [-0.3, -0.25) is 4.79 Å². The van der Waals surface area contributed by atoms with Gasteiger partial charge in [-0.25, -0.2) is 8.78 Å². The first kappa shape index (κ1) is 19.2. The van der Waals surface area contributed by atoms with E-state index in [2.05, 4.69) is 15.5 Å². The van der Waals surface area contributed by atoms with Gasteiger partial charge in [0, 0.05) is 11.3 Å². The molecule has 1 aromatic heterocycles. The average Bonchev–Trinajstić information content (AvgIpc) is 3.13. The molecule has 2 aromatic carbocycles. The van der Waals surface area contributed by atoms with Crippen LogP contribution >= 0.6 is 23.1 Å². The normalized spacial score (nSPS) is 10.6. The number of methoxy groups -OCH3 is 1. The summed E-state index contributed by atoms with van der Waals surface area (Å²) < 4.78 is 32.1. The molecule has 0 atom stereocenters. The maximum absolute atomic E-state index is 13.7. The predicted molar refractivity (Wildman–Crippen MR) is 102 cm³/mol. The fourth-order valence-corrected chi connectivity index (χ4v) is 3.87. The predicted octanol–water partition coefficient (Wildman–Crippen LogP) is 4.41. The smallest absolute Gasteiger partial charge is 0.206 e. The third-order valence-corrected chi connectivity index (χ3v) is 5.64. The van der Waals surface area contributed by atoms with Crippen molar-refractivity contribution in [2.45, 2.75) is 10.1 Å². The Labute approximate surface area is 162 Å². The van der Waals surface area contributed by atoms with E-state index in [0.29, 0.717) is 10.9 Å². The number of Topliss-reactive ketones (excluding diaryl/α,β-unsaturated/α-hetero) is 1. The highest BCUT2D eigenvalue weighted by Gasteiger charge is 2.12. The summed E-state index contributed by atoms with van der Waals surface area (Å²) in [6.45, 7) is -0.0248. The van der Waals surface area contributed by atoms with Crippen molar-refractivity contribution in [2.24, 2.45) is 0 Å². The molecule has 0 amide bonds. The highest BCUT2D eigenvalue weighted by atomic mass is 32.2. The molecule has 0 aliphatic rings. The molecule has 5 nitrogen and oxygen atoms in total. The number of nitrogens with zero attached hydrogens (tertiary/aromatic N) is 2. The molecule has 0 bridgehead atoms. The minimum Gasteiger partial charge on any atom is -0.494 e. The molecule has 1 heterocycles. The number of nitrogens with one attached hydrogen (secondary N) is 1. The van der Waals surface area contributed by atoms with Gasteiger partial charge >= 0.3 is 0 Å². The molecule has 0 radical (unpaired) electrons. The molecule has 0 unspecified atom stereocenters. The zero-order valence-electron chi connectivity index (χ0n) is 14.2. The van der Waals surface area contributed by atoms with Crippen LogP contribution in [0.3, 0.4) is 0 Å². The lowest BCUT2D eigenvalue weighted by atomic mass is 10.1. The van der Waals surface area contributed by atoms with Crippen LogP contribution in [-0.4, -0.2) is 29.6 Å². The highest BCUT2D eigenvalue weighted by molar-refractivity contribution is 8.00.